The molecule has 106 valence electrons. The van der Waals surface area contributed by atoms with Crippen LogP contribution in [0.4, 0.5) is 11.7 Å². The lowest BCUT2D eigenvalue weighted by Crippen LogP contribution is -1.97. The number of ether oxygens (including phenoxy) is 1. The highest BCUT2D eigenvalue weighted by Crippen LogP contribution is 2.29. The lowest BCUT2D eigenvalue weighted by molar-refractivity contribution is 0.0699. The Morgan fingerprint density at radius 2 is 2.05 bits per heavy atom. The summed E-state index contributed by atoms with van der Waals surface area (Å²) in [6.45, 7) is 0. The maximum atomic E-state index is 11.2. The van der Waals surface area contributed by atoms with Crippen LogP contribution in [0.3, 0.4) is 0 Å². The highest BCUT2D eigenvalue weighted by atomic mass is 16.5. The smallest absolute Gasteiger partial charge is 0.338 e. The molecule has 0 aliphatic heterocycles. The van der Waals surface area contributed by atoms with E-state index < -0.39 is 5.97 Å². The molecule has 0 amide bonds. The number of carboxylic acid groups (broad SMARTS) is 1. The van der Waals surface area contributed by atoms with Crippen molar-refractivity contribution in [2.24, 2.45) is 0 Å². The molecule has 3 aromatic rings. The Labute approximate surface area is 120 Å². The van der Waals surface area contributed by atoms with Crippen LogP contribution in [0.1, 0.15) is 10.4 Å². The number of carbonyl (C=O) groups is 1. The lowest BCUT2D eigenvalue weighted by atomic mass is 10.2. The summed E-state index contributed by atoms with van der Waals surface area (Å²) in [7, 11) is 1.56. The second kappa shape index (κ2) is 5.16. The molecule has 0 unspecified atom stereocenters. The number of para-hydroxylation sites is 3. The van der Waals surface area contributed by atoms with Crippen molar-refractivity contribution in [3.05, 3.63) is 48.0 Å². The van der Waals surface area contributed by atoms with Crippen molar-refractivity contribution in [1.82, 2.24) is 4.98 Å². The van der Waals surface area contributed by atoms with Gasteiger partial charge in [0.1, 0.15) is 11.3 Å². The minimum absolute atomic E-state index is 0.101. The topological polar surface area (TPSA) is 84.6 Å². The van der Waals surface area contributed by atoms with E-state index >= 15 is 0 Å². The van der Waals surface area contributed by atoms with E-state index in [2.05, 4.69) is 10.3 Å². The van der Waals surface area contributed by atoms with Crippen molar-refractivity contribution in [3.8, 4) is 5.75 Å². The lowest BCUT2D eigenvalue weighted by Gasteiger charge is -2.07. The van der Waals surface area contributed by atoms with E-state index in [1.807, 2.05) is 18.2 Å². The third-order valence-electron chi connectivity index (χ3n) is 3.00. The molecule has 0 saturated heterocycles. The van der Waals surface area contributed by atoms with Gasteiger partial charge in [0.25, 0.3) is 6.01 Å². The molecule has 1 aromatic heterocycles. The van der Waals surface area contributed by atoms with Crippen molar-refractivity contribution in [2.75, 3.05) is 12.4 Å². The molecule has 1 heterocycles. The third kappa shape index (κ3) is 2.38. The van der Waals surface area contributed by atoms with Gasteiger partial charge < -0.3 is 19.6 Å². The Bertz CT molecular complexity index is 810. The zero-order valence-corrected chi connectivity index (χ0v) is 11.2. The maximum absolute atomic E-state index is 11.2. The van der Waals surface area contributed by atoms with Gasteiger partial charge in [-0.05, 0) is 24.3 Å². The summed E-state index contributed by atoms with van der Waals surface area (Å²) >= 11 is 0. The van der Waals surface area contributed by atoms with Gasteiger partial charge in [0, 0.05) is 0 Å². The number of rotatable bonds is 4. The van der Waals surface area contributed by atoms with Crippen molar-refractivity contribution in [2.45, 2.75) is 0 Å². The van der Waals surface area contributed by atoms with E-state index in [9.17, 15) is 4.79 Å². The van der Waals surface area contributed by atoms with Gasteiger partial charge in [0.15, 0.2) is 5.58 Å². The molecule has 2 aromatic carbocycles. The van der Waals surface area contributed by atoms with Gasteiger partial charge in [-0.15, -0.1) is 0 Å². The van der Waals surface area contributed by atoms with E-state index in [0.29, 0.717) is 22.5 Å². The van der Waals surface area contributed by atoms with Gasteiger partial charge in [-0.2, -0.15) is 4.98 Å². The van der Waals surface area contributed by atoms with Crippen molar-refractivity contribution in [3.63, 3.8) is 0 Å². The summed E-state index contributed by atoms with van der Waals surface area (Å²) in [5, 5.41) is 12.1. The minimum atomic E-state index is -1.04. The fourth-order valence-electron chi connectivity index (χ4n) is 2.04. The normalized spacial score (nSPS) is 10.5. The molecule has 0 saturated carbocycles. The van der Waals surface area contributed by atoms with Crippen LogP contribution in [0, 0.1) is 0 Å². The molecule has 0 aliphatic rings. The second-order valence-electron chi connectivity index (χ2n) is 4.30. The van der Waals surface area contributed by atoms with Crippen LogP contribution >= 0.6 is 0 Å². The average Bonchev–Trinajstić information content (AvgIpc) is 2.89. The zero-order valence-electron chi connectivity index (χ0n) is 11.2. The molecule has 21 heavy (non-hydrogen) atoms. The van der Waals surface area contributed by atoms with Crippen LogP contribution < -0.4 is 10.1 Å². The van der Waals surface area contributed by atoms with Crippen LogP contribution in [0.2, 0.25) is 0 Å². The fourth-order valence-corrected chi connectivity index (χ4v) is 2.04. The molecule has 0 radical (unpaired) electrons. The number of carboxylic acids is 1. The third-order valence-corrected chi connectivity index (χ3v) is 3.00. The number of aromatic carboxylic acids is 1. The molecule has 2 N–H and O–H groups in total. The average molecular weight is 284 g/mol. The molecule has 3 rings (SSSR count). The monoisotopic (exact) mass is 284 g/mol. The van der Waals surface area contributed by atoms with E-state index in [-0.39, 0.29) is 11.6 Å². The SMILES string of the molecule is COc1ccccc1Nc1nc2c(C(=O)O)cccc2o1. The highest BCUT2D eigenvalue weighted by molar-refractivity contribution is 6.00. The number of methoxy groups -OCH3 is 1. The van der Waals surface area contributed by atoms with E-state index in [0.717, 1.165) is 0 Å². The molecule has 0 atom stereocenters. The Morgan fingerprint density at radius 1 is 1.24 bits per heavy atom. The summed E-state index contributed by atoms with van der Waals surface area (Å²) in [6.07, 6.45) is 0. The van der Waals surface area contributed by atoms with E-state index in [4.69, 9.17) is 14.3 Å². The first-order valence-corrected chi connectivity index (χ1v) is 6.22. The molecular weight excluding hydrogens is 272 g/mol. The number of anilines is 2. The van der Waals surface area contributed by atoms with Crippen LogP contribution in [0.15, 0.2) is 46.9 Å². The Morgan fingerprint density at radius 3 is 2.81 bits per heavy atom. The maximum Gasteiger partial charge on any atom is 0.338 e. The predicted octanol–water partition coefficient (Wildman–Crippen LogP) is 3.28. The number of benzene rings is 2. The number of nitrogens with one attached hydrogen (secondary N) is 1. The molecule has 0 fully saturated rings. The summed E-state index contributed by atoms with van der Waals surface area (Å²) < 4.78 is 10.7. The summed E-state index contributed by atoms with van der Waals surface area (Å²) in [4.78, 5) is 15.4. The molecule has 6 heteroatoms. The van der Waals surface area contributed by atoms with Gasteiger partial charge in [-0.1, -0.05) is 18.2 Å². The molecular formula is C15H12N2O4. The number of hydrogen-bond acceptors (Lipinski definition) is 5. The largest absolute Gasteiger partial charge is 0.495 e. The minimum Gasteiger partial charge on any atom is -0.495 e. The number of aromatic nitrogens is 1. The first-order chi connectivity index (χ1) is 10.2. The molecule has 6 nitrogen and oxygen atoms in total. The predicted molar refractivity (Wildman–Crippen MR) is 77.2 cm³/mol. The van der Waals surface area contributed by atoms with Crippen molar-refractivity contribution in [1.29, 1.82) is 0 Å². The van der Waals surface area contributed by atoms with Gasteiger partial charge in [-0.3, -0.25) is 0 Å². The van der Waals surface area contributed by atoms with Gasteiger partial charge in [0.05, 0.1) is 18.4 Å². The van der Waals surface area contributed by atoms with E-state index in [1.165, 1.54) is 6.07 Å². The van der Waals surface area contributed by atoms with Crippen molar-refractivity contribution >= 4 is 28.8 Å². The Hall–Kier alpha value is -3.02. The standard InChI is InChI=1S/C15H12N2O4/c1-20-11-7-3-2-6-10(11)16-15-17-13-9(14(18)19)5-4-8-12(13)21-15/h2-8H,1H3,(H,16,17)(H,18,19). The summed E-state index contributed by atoms with van der Waals surface area (Å²) in [5.41, 5.74) is 1.50. The Balaban J connectivity index is 2.02. The summed E-state index contributed by atoms with van der Waals surface area (Å²) in [6, 6.07) is 12.3. The number of oxazole rings is 1. The van der Waals surface area contributed by atoms with E-state index in [1.54, 1.807) is 25.3 Å². The zero-order chi connectivity index (χ0) is 14.8. The van der Waals surface area contributed by atoms with Crippen LogP contribution in [0.25, 0.3) is 11.1 Å². The van der Waals surface area contributed by atoms with Crippen LogP contribution in [0.5, 0.6) is 5.75 Å². The first-order valence-electron chi connectivity index (χ1n) is 6.22. The highest BCUT2D eigenvalue weighted by Gasteiger charge is 2.15. The second-order valence-corrected chi connectivity index (χ2v) is 4.30. The van der Waals surface area contributed by atoms with Crippen LogP contribution in [-0.2, 0) is 0 Å². The number of fused-ring (bicyclic) bond motifs is 1. The number of nitrogens with zero attached hydrogens (tertiary/aromatic N) is 1. The summed E-state index contributed by atoms with van der Waals surface area (Å²) in [5.74, 6) is -0.407. The van der Waals surface area contributed by atoms with Gasteiger partial charge >= 0.3 is 5.97 Å². The molecule has 0 spiro atoms. The fraction of sp³-hybridized carbons (Fsp3) is 0.0667. The molecule has 0 aliphatic carbocycles. The van der Waals surface area contributed by atoms with Gasteiger partial charge in [-0.25, -0.2) is 4.79 Å². The van der Waals surface area contributed by atoms with Crippen LogP contribution in [-0.4, -0.2) is 23.2 Å². The van der Waals surface area contributed by atoms with Gasteiger partial charge in [0.2, 0.25) is 0 Å². The van der Waals surface area contributed by atoms with Crippen molar-refractivity contribution < 1.29 is 19.1 Å². The first kappa shape index (κ1) is 13.0. The number of hydrogen-bond donors (Lipinski definition) is 2. The quantitative estimate of drug-likeness (QED) is 0.764. The molecule has 0 bridgehead atoms. The Kier molecular flexibility index (Phi) is 3.19.